The molecule has 2 N–H and O–H groups in total. The third kappa shape index (κ3) is 3.49. The van der Waals surface area contributed by atoms with Crippen LogP contribution in [0.4, 0.5) is 4.39 Å². The lowest BCUT2D eigenvalue weighted by molar-refractivity contribution is 0.340. The highest BCUT2D eigenvalue weighted by atomic mass is 19.1. The summed E-state index contributed by atoms with van der Waals surface area (Å²) in [7, 11) is 0. The zero-order valence-electron chi connectivity index (χ0n) is 17.6. The van der Waals surface area contributed by atoms with Crippen LogP contribution in [-0.4, -0.2) is 32.6 Å². The SMILES string of the molecule is Cc1cc(F)cc2[nH]c(-c3ccc4c(ncn4CCCC4CCNCC4)c3C)nc12. The molecule has 0 amide bonds. The summed E-state index contributed by atoms with van der Waals surface area (Å²) < 4.78 is 16.0. The molecule has 0 unspecified atom stereocenters. The molecule has 0 bridgehead atoms. The number of nitrogens with one attached hydrogen (secondary N) is 2. The molecule has 2 aromatic heterocycles. The molecule has 5 nitrogen and oxygen atoms in total. The zero-order valence-corrected chi connectivity index (χ0v) is 17.6. The van der Waals surface area contributed by atoms with E-state index in [1.807, 2.05) is 13.3 Å². The van der Waals surface area contributed by atoms with Crippen LogP contribution < -0.4 is 5.32 Å². The first-order valence-corrected chi connectivity index (χ1v) is 10.9. The van der Waals surface area contributed by atoms with Crippen molar-refractivity contribution in [3.8, 4) is 11.4 Å². The highest BCUT2D eigenvalue weighted by molar-refractivity contribution is 5.88. The first-order valence-electron chi connectivity index (χ1n) is 10.9. The molecule has 1 fully saturated rings. The van der Waals surface area contributed by atoms with Gasteiger partial charge in [-0.15, -0.1) is 0 Å². The largest absolute Gasteiger partial charge is 0.338 e. The highest BCUT2D eigenvalue weighted by Gasteiger charge is 2.16. The number of H-pyrrole nitrogens is 1. The monoisotopic (exact) mass is 405 g/mol. The standard InChI is InChI=1S/C24H28FN5/c1-15-12-18(25)13-20-22(15)29-24(28-20)19-5-6-21-23(16(19)2)27-14-30(21)11-3-4-17-7-9-26-10-8-17/h5-6,12-14,17,26H,3-4,7-11H2,1-2H3,(H,28,29). The molecule has 30 heavy (non-hydrogen) atoms. The second-order valence-corrected chi connectivity index (χ2v) is 8.58. The minimum Gasteiger partial charge on any atom is -0.338 e. The molecule has 3 heterocycles. The topological polar surface area (TPSA) is 58.5 Å². The van der Waals surface area contributed by atoms with Crippen LogP contribution in [0.25, 0.3) is 33.5 Å². The van der Waals surface area contributed by atoms with Crippen molar-refractivity contribution in [3.63, 3.8) is 0 Å². The van der Waals surface area contributed by atoms with Gasteiger partial charge in [-0.05, 0) is 93.9 Å². The van der Waals surface area contributed by atoms with Gasteiger partial charge in [0.05, 0.1) is 28.4 Å². The Morgan fingerprint density at radius 2 is 1.97 bits per heavy atom. The number of hydrogen-bond donors (Lipinski definition) is 2. The maximum atomic E-state index is 13.8. The number of piperidine rings is 1. The van der Waals surface area contributed by atoms with E-state index in [1.165, 1.54) is 43.3 Å². The molecule has 156 valence electrons. The van der Waals surface area contributed by atoms with Gasteiger partial charge in [0.25, 0.3) is 0 Å². The summed E-state index contributed by atoms with van der Waals surface area (Å²) >= 11 is 0. The maximum absolute atomic E-state index is 13.8. The number of imidazole rings is 2. The lowest BCUT2D eigenvalue weighted by atomic mass is 9.93. The normalized spacial score (nSPS) is 15.4. The van der Waals surface area contributed by atoms with Gasteiger partial charge in [-0.3, -0.25) is 0 Å². The van der Waals surface area contributed by atoms with E-state index < -0.39 is 0 Å². The van der Waals surface area contributed by atoms with Gasteiger partial charge >= 0.3 is 0 Å². The van der Waals surface area contributed by atoms with Crippen LogP contribution >= 0.6 is 0 Å². The third-order valence-electron chi connectivity index (χ3n) is 6.51. The van der Waals surface area contributed by atoms with Crippen LogP contribution in [-0.2, 0) is 6.54 Å². The second-order valence-electron chi connectivity index (χ2n) is 8.58. The predicted molar refractivity (Wildman–Crippen MR) is 119 cm³/mol. The van der Waals surface area contributed by atoms with E-state index in [9.17, 15) is 4.39 Å². The Hall–Kier alpha value is -2.73. The van der Waals surface area contributed by atoms with Crippen molar-refractivity contribution < 1.29 is 4.39 Å². The van der Waals surface area contributed by atoms with Crippen molar-refractivity contribution in [3.05, 3.63) is 47.5 Å². The predicted octanol–water partition coefficient (Wildman–Crippen LogP) is 5.12. The summed E-state index contributed by atoms with van der Waals surface area (Å²) in [6.45, 7) is 7.30. The highest BCUT2D eigenvalue weighted by Crippen LogP contribution is 2.30. The Balaban J connectivity index is 1.40. The van der Waals surface area contributed by atoms with Crippen LogP contribution in [0.15, 0.2) is 30.6 Å². The Morgan fingerprint density at radius 1 is 1.13 bits per heavy atom. The number of fused-ring (bicyclic) bond motifs is 2. The number of aromatic nitrogens is 4. The van der Waals surface area contributed by atoms with Gasteiger partial charge in [0.1, 0.15) is 11.6 Å². The number of rotatable bonds is 5. The van der Waals surface area contributed by atoms with Crippen molar-refractivity contribution in [1.29, 1.82) is 0 Å². The third-order valence-corrected chi connectivity index (χ3v) is 6.51. The van der Waals surface area contributed by atoms with Crippen molar-refractivity contribution in [2.24, 2.45) is 5.92 Å². The minimum atomic E-state index is -0.245. The molecule has 6 heteroatoms. The van der Waals surface area contributed by atoms with Crippen LogP contribution in [0.1, 0.15) is 36.8 Å². The Kier molecular flexibility index (Phi) is 5.03. The fourth-order valence-electron chi connectivity index (χ4n) is 4.80. The summed E-state index contributed by atoms with van der Waals surface area (Å²) in [6, 6.07) is 7.26. The quantitative estimate of drug-likeness (QED) is 0.485. The van der Waals surface area contributed by atoms with Crippen LogP contribution in [0.3, 0.4) is 0 Å². The number of aryl methyl sites for hydroxylation is 3. The van der Waals surface area contributed by atoms with Gasteiger partial charge in [-0.25, -0.2) is 14.4 Å². The molecule has 4 aromatic rings. The van der Waals surface area contributed by atoms with Gasteiger partial charge in [0.2, 0.25) is 0 Å². The van der Waals surface area contributed by atoms with Crippen molar-refractivity contribution in [2.45, 2.75) is 46.1 Å². The summed E-state index contributed by atoms with van der Waals surface area (Å²) in [4.78, 5) is 12.7. The summed E-state index contributed by atoms with van der Waals surface area (Å²) in [6.07, 6.45) is 7.03. The molecule has 1 aliphatic rings. The molecule has 0 radical (unpaired) electrons. The van der Waals surface area contributed by atoms with Crippen molar-refractivity contribution in [2.75, 3.05) is 13.1 Å². The summed E-state index contributed by atoms with van der Waals surface area (Å²) in [5.41, 5.74) is 6.67. The number of halogens is 1. The van der Waals surface area contributed by atoms with Crippen LogP contribution in [0.2, 0.25) is 0 Å². The fraction of sp³-hybridized carbons (Fsp3) is 0.417. The Labute approximate surface area is 175 Å². The van der Waals surface area contributed by atoms with Crippen LogP contribution in [0.5, 0.6) is 0 Å². The number of hydrogen-bond acceptors (Lipinski definition) is 3. The molecular formula is C24H28FN5. The number of nitrogens with zero attached hydrogens (tertiary/aromatic N) is 3. The summed E-state index contributed by atoms with van der Waals surface area (Å²) in [5.74, 6) is 1.37. The summed E-state index contributed by atoms with van der Waals surface area (Å²) in [5, 5.41) is 3.44. The van der Waals surface area contributed by atoms with Crippen molar-refractivity contribution >= 4 is 22.1 Å². The fourth-order valence-corrected chi connectivity index (χ4v) is 4.80. The number of benzene rings is 2. The van der Waals surface area contributed by atoms with Gasteiger partial charge in [-0.2, -0.15) is 0 Å². The van der Waals surface area contributed by atoms with Gasteiger partial charge < -0.3 is 14.9 Å². The zero-order chi connectivity index (χ0) is 20.7. The molecule has 5 rings (SSSR count). The van der Waals surface area contributed by atoms with E-state index >= 15 is 0 Å². The van der Waals surface area contributed by atoms with Gasteiger partial charge in [0, 0.05) is 12.1 Å². The Bertz CT molecular complexity index is 1200. The first kappa shape index (κ1) is 19.2. The van der Waals surface area contributed by atoms with Crippen LogP contribution in [0, 0.1) is 25.6 Å². The number of aromatic amines is 1. The smallest absolute Gasteiger partial charge is 0.138 e. The lowest BCUT2D eigenvalue weighted by Crippen LogP contribution is -2.27. The Morgan fingerprint density at radius 3 is 2.80 bits per heavy atom. The molecule has 0 aliphatic carbocycles. The van der Waals surface area contributed by atoms with E-state index in [0.29, 0.717) is 0 Å². The van der Waals surface area contributed by atoms with Gasteiger partial charge in [-0.1, -0.05) is 0 Å². The molecular weight excluding hydrogens is 377 g/mol. The van der Waals surface area contributed by atoms with E-state index in [1.54, 1.807) is 0 Å². The van der Waals surface area contributed by atoms with E-state index in [-0.39, 0.29) is 5.82 Å². The molecule has 0 spiro atoms. The molecule has 1 saturated heterocycles. The first-order chi connectivity index (χ1) is 14.6. The second kappa shape index (κ2) is 7.84. The average molecular weight is 406 g/mol. The average Bonchev–Trinajstić information content (AvgIpc) is 3.34. The lowest BCUT2D eigenvalue weighted by Gasteiger charge is -2.22. The van der Waals surface area contributed by atoms with Crippen molar-refractivity contribution in [1.82, 2.24) is 24.8 Å². The van der Waals surface area contributed by atoms with E-state index in [2.05, 4.69) is 33.9 Å². The van der Waals surface area contributed by atoms with E-state index in [4.69, 9.17) is 9.97 Å². The molecule has 0 saturated carbocycles. The molecule has 2 aromatic carbocycles. The van der Waals surface area contributed by atoms with Gasteiger partial charge in [0.15, 0.2) is 0 Å². The maximum Gasteiger partial charge on any atom is 0.138 e. The molecule has 1 aliphatic heterocycles. The minimum absolute atomic E-state index is 0.245. The molecule has 0 atom stereocenters. The van der Waals surface area contributed by atoms with E-state index in [0.717, 1.165) is 64.6 Å².